The highest BCUT2D eigenvalue weighted by Crippen LogP contribution is 2.21. The van der Waals surface area contributed by atoms with Gasteiger partial charge in [0.1, 0.15) is 0 Å². The highest BCUT2D eigenvalue weighted by atomic mass is 14.1. The quantitative estimate of drug-likeness (QED) is 0.237. The van der Waals surface area contributed by atoms with Crippen molar-refractivity contribution in [1.29, 1.82) is 0 Å². The first-order chi connectivity index (χ1) is 10.3. The van der Waals surface area contributed by atoms with Crippen molar-refractivity contribution in [2.24, 2.45) is 5.92 Å². The summed E-state index contributed by atoms with van der Waals surface area (Å²) in [6.45, 7) is 7.00. The van der Waals surface area contributed by atoms with E-state index in [9.17, 15) is 0 Å². The summed E-state index contributed by atoms with van der Waals surface area (Å²) in [6, 6.07) is 0. The second kappa shape index (κ2) is 18.1. The molecular formula is C21H44. The van der Waals surface area contributed by atoms with E-state index in [1.54, 1.807) is 0 Å². The van der Waals surface area contributed by atoms with Gasteiger partial charge >= 0.3 is 0 Å². The molecule has 0 saturated carbocycles. The van der Waals surface area contributed by atoms with Crippen LogP contribution in [0, 0.1) is 5.92 Å². The molecule has 0 aliphatic rings. The lowest BCUT2D eigenvalue weighted by Crippen LogP contribution is -1.99. The fourth-order valence-electron chi connectivity index (χ4n) is 3.33. The predicted octanol–water partition coefficient (Wildman–Crippen LogP) is 8.29. The number of unbranched alkanes of at least 4 members (excludes halogenated alkanes) is 12. The third-order valence-corrected chi connectivity index (χ3v) is 5.01. The van der Waals surface area contributed by atoms with Crippen molar-refractivity contribution >= 4 is 0 Å². The van der Waals surface area contributed by atoms with Crippen LogP contribution in [0.2, 0.25) is 0 Å². The van der Waals surface area contributed by atoms with Gasteiger partial charge in [-0.15, -0.1) is 0 Å². The second-order valence-corrected chi connectivity index (χ2v) is 7.09. The van der Waals surface area contributed by atoms with Crippen LogP contribution in [0.3, 0.4) is 0 Å². The van der Waals surface area contributed by atoms with Crippen LogP contribution in [0.15, 0.2) is 0 Å². The molecule has 0 saturated heterocycles. The molecule has 0 bridgehead atoms. The van der Waals surface area contributed by atoms with Crippen molar-refractivity contribution in [3.63, 3.8) is 0 Å². The van der Waals surface area contributed by atoms with Gasteiger partial charge in [0.2, 0.25) is 0 Å². The van der Waals surface area contributed by atoms with E-state index < -0.39 is 0 Å². The Balaban J connectivity index is 3.28. The molecule has 0 amide bonds. The Morgan fingerprint density at radius 1 is 0.429 bits per heavy atom. The molecule has 0 heteroatoms. The molecule has 21 heavy (non-hydrogen) atoms. The molecular weight excluding hydrogens is 252 g/mol. The minimum Gasteiger partial charge on any atom is -0.0654 e. The fourth-order valence-corrected chi connectivity index (χ4v) is 3.33. The number of hydrogen-bond acceptors (Lipinski definition) is 0. The van der Waals surface area contributed by atoms with E-state index in [0.717, 1.165) is 5.92 Å². The molecule has 0 aliphatic heterocycles. The smallest absolute Gasteiger partial charge is 0.0417 e. The first-order valence-electron chi connectivity index (χ1n) is 10.3. The molecule has 0 fully saturated rings. The van der Waals surface area contributed by atoms with Crippen LogP contribution in [-0.4, -0.2) is 0 Å². The Bertz CT molecular complexity index is 173. The van der Waals surface area contributed by atoms with Crippen LogP contribution in [0.5, 0.6) is 0 Å². The third-order valence-electron chi connectivity index (χ3n) is 5.01. The van der Waals surface area contributed by atoms with E-state index in [0.29, 0.717) is 0 Å². The van der Waals surface area contributed by atoms with Gasteiger partial charge in [0, 0.05) is 0 Å². The summed E-state index contributed by atoms with van der Waals surface area (Å²) in [7, 11) is 0. The Labute approximate surface area is 136 Å². The van der Waals surface area contributed by atoms with Crippen LogP contribution in [-0.2, 0) is 0 Å². The highest BCUT2D eigenvalue weighted by molar-refractivity contribution is 4.59. The van der Waals surface area contributed by atoms with Gasteiger partial charge in [0.25, 0.3) is 0 Å². The molecule has 0 aromatic carbocycles. The summed E-state index contributed by atoms with van der Waals surface area (Å²) in [6.07, 6.45) is 24.8. The van der Waals surface area contributed by atoms with Crippen LogP contribution < -0.4 is 0 Å². The van der Waals surface area contributed by atoms with Crippen molar-refractivity contribution in [2.75, 3.05) is 0 Å². The highest BCUT2D eigenvalue weighted by Gasteiger charge is 2.05. The normalized spacial score (nSPS) is 12.7. The van der Waals surface area contributed by atoms with Gasteiger partial charge in [-0.2, -0.15) is 0 Å². The van der Waals surface area contributed by atoms with Gasteiger partial charge < -0.3 is 0 Å². The monoisotopic (exact) mass is 296 g/mol. The molecule has 1 atom stereocenters. The van der Waals surface area contributed by atoms with Gasteiger partial charge in [-0.1, -0.05) is 130 Å². The zero-order valence-electron chi connectivity index (χ0n) is 15.6. The standard InChI is InChI=1S/C21H44/c1-4-7-9-11-13-14-16-18-20-21(6-3)19-17-15-12-10-8-5-2/h21H,4-20H2,1-3H3. The topological polar surface area (TPSA) is 0 Å². The summed E-state index contributed by atoms with van der Waals surface area (Å²) in [5.41, 5.74) is 0. The maximum atomic E-state index is 2.40. The van der Waals surface area contributed by atoms with Crippen molar-refractivity contribution in [3.05, 3.63) is 0 Å². The SMILES string of the molecule is CCCCCCCCCCC(CC)CCCCCCCC. The first kappa shape index (κ1) is 21.0. The summed E-state index contributed by atoms with van der Waals surface area (Å²) < 4.78 is 0. The number of rotatable bonds is 17. The van der Waals surface area contributed by atoms with Crippen molar-refractivity contribution in [2.45, 2.75) is 130 Å². The van der Waals surface area contributed by atoms with Crippen LogP contribution in [0.4, 0.5) is 0 Å². The Morgan fingerprint density at radius 3 is 1.10 bits per heavy atom. The summed E-state index contributed by atoms with van der Waals surface area (Å²) in [5, 5.41) is 0. The average molecular weight is 297 g/mol. The molecule has 0 nitrogen and oxygen atoms in total. The van der Waals surface area contributed by atoms with Gasteiger partial charge in [-0.3, -0.25) is 0 Å². The first-order valence-corrected chi connectivity index (χ1v) is 10.3. The summed E-state index contributed by atoms with van der Waals surface area (Å²) in [4.78, 5) is 0. The summed E-state index contributed by atoms with van der Waals surface area (Å²) in [5.74, 6) is 1.02. The van der Waals surface area contributed by atoms with E-state index in [4.69, 9.17) is 0 Å². The molecule has 0 aromatic heterocycles. The van der Waals surface area contributed by atoms with Gasteiger partial charge in [-0.25, -0.2) is 0 Å². The second-order valence-electron chi connectivity index (χ2n) is 7.09. The zero-order chi connectivity index (χ0) is 15.6. The average Bonchev–Trinajstić information content (AvgIpc) is 2.51. The molecule has 1 unspecified atom stereocenters. The minimum absolute atomic E-state index is 1.02. The zero-order valence-corrected chi connectivity index (χ0v) is 15.6. The Hall–Kier alpha value is 0. The summed E-state index contributed by atoms with van der Waals surface area (Å²) >= 11 is 0. The third kappa shape index (κ3) is 16.2. The Kier molecular flexibility index (Phi) is 18.1. The van der Waals surface area contributed by atoms with Crippen LogP contribution in [0.25, 0.3) is 0 Å². The van der Waals surface area contributed by atoms with E-state index in [2.05, 4.69) is 20.8 Å². The van der Waals surface area contributed by atoms with E-state index in [-0.39, 0.29) is 0 Å². The molecule has 0 rings (SSSR count). The lowest BCUT2D eigenvalue weighted by atomic mass is 9.92. The fraction of sp³-hybridized carbons (Fsp3) is 1.00. The molecule has 0 spiro atoms. The van der Waals surface area contributed by atoms with Crippen molar-refractivity contribution in [3.8, 4) is 0 Å². The van der Waals surface area contributed by atoms with Crippen molar-refractivity contribution in [1.82, 2.24) is 0 Å². The molecule has 128 valence electrons. The Morgan fingerprint density at radius 2 is 0.762 bits per heavy atom. The van der Waals surface area contributed by atoms with E-state index in [1.807, 2.05) is 0 Å². The largest absolute Gasteiger partial charge is 0.0654 e. The maximum Gasteiger partial charge on any atom is -0.0417 e. The van der Waals surface area contributed by atoms with Gasteiger partial charge in [0.15, 0.2) is 0 Å². The van der Waals surface area contributed by atoms with Crippen LogP contribution >= 0.6 is 0 Å². The predicted molar refractivity (Wildman–Crippen MR) is 99.0 cm³/mol. The maximum absolute atomic E-state index is 2.40. The van der Waals surface area contributed by atoms with Crippen LogP contribution in [0.1, 0.15) is 130 Å². The number of hydrogen-bond donors (Lipinski definition) is 0. The molecule has 0 radical (unpaired) electrons. The lowest BCUT2D eigenvalue weighted by Gasteiger charge is -2.14. The molecule has 0 heterocycles. The van der Waals surface area contributed by atoms with E-state index >= 15 is 0 Å². The molecule has 0 aliphatic carbocycles. The van der Waals surface area contributed by atoms with E-state index in [1.165, 1.54) is 109 Å². The van der Waals surface area contributed by atoms with Gasteiger partial charge in [-0.05, 0) is 5.92 Å². The molecule has 0 N–H and O–H groups in total. The van der Waals surface area contributed by atoms with Gasteiger partial charge in [0.05, 0.1) is 0 Å². The minimum atomic E-state index is 1.02. The lowest BCUT2D eigenvalue weighted by molar-refractivity contribution is 0.392. The molecule has 0 aromatic rings. The van der Waals surface area contributed by atoms with Crippen molar-refractivity contribution < 1.29 is 0 Å².